The highest BCUT2D eigenvalue weighted by molar-refractivity contribution is 6.33. The fourth-order valence-electron chi connectivity index (χ4n) is 2.77. The number of carbonyl (C=O) groups excluding carboxylic acids is 2. The summed E-state index contributed by atoms with van der Waals surface area (Å²) in [5, 5.41) is 11.0. The minimum Gasteiger partial charge on any atom is -0.497 e. The zero-order chi connectivity index (χ0) is 23.7. The standard InChI is InChI=1S/C22H26ClN3O6/c1-6-31-17-9-8-10-18(32-7-2)20(17)26-25-19(13(3)27)22(28)24-16-12-14(29-4)11-15(23)21(16)30-5/h8-12,19H,6-7H2,1-5H3,(H,24,28). The predicted octanol–water partition coefficient (Wildman–Crippen LogP) is 4.83. The Morgan fingerprint density at radius 2 is 1.69 bits per heavy atom. The van der Waals surface area contributed by atoms with E-state index in [1.54, 1.807) is 18.2 Å². The Labute approximate surface area is 191 Å². The molecule has 0 fully saturated rings. The lowest BCUT2D eigenvalue weighted by molar-refractivity contribution is -0.126. The lowest BCUT2D eigenvalue weighted by Crippen LogP contribution is -2.32. The fourth-order valence-corrected chi connectivity index (χ4v) is 3.05. The van der Waals surface area contributed by atoms with Crippen molar-refractivity contribution in [2.75, 3.05) is 32.8 Å². The Bertz CT molecular complexity index is 972. The van der Waals surface area contributed by atoms with Crippen LogP contribution in [0, 0.1) is 0 Å². The number of amides is 1. The molecule has 32 heavy (non-hydrogen) atoms. The largest absolute Gasteiger partial charge is 0.497 e. The molecule has 2 aromatic carbocycles. The summed E-state index contributed by atoms with van der Waals surface area (Å²) in [4.78, 5) is 25.1. The lowest BCUT2D eigenvalue weighted by atomic mass is 10.2. The molecule has 0 spiro atoms. The third-order valence-corrected chi connectivity index (χ3v) is 4.46. The molecule has 1 amide bonds. The number of hydrogen-bond acceptors (Lipinski definition) is 8. The maximum atomic E-state index is 12.9. The van der Waals surface area contributed by atoms with E-state index in [0.29, 0.717) is 30.5 Å². The number of azo groups is 1. The van der Waals surface area contributed by atoms with E-state index >= 15 is 0 Å². The van der Waals surface area contributed by atoms with Crippen LogP contribution < -0.4 is 24.3 Å². The highest BCUT2D eigenvalue weighted by atomic mass is 35.5. The average molecular weight is 464 g/mol. The quantitative estimate of drug-likeness (QED) is 0.377. The van der Waals surface area contributed by atoms with E-state index in [1.807, 2.05) is 13.8 Å². The Balaban J connectivity index is 2.39. The molecule has 1 unspecified atom stereocenters. The minimum atomic E-state index is -1.42. The molecule has 0 aliphatic rings. The van der Waals surface area contributed by atoms with Crippen molar-refractivity contribution in [1.29, 1.82) is 0 Å². The molecule has 0 aliphatic heterocycles. The molecule has 9 nitrogen and oxygen atoms in total. The maximum absolute atomic E-state index is 12.9. The van der Waals surface area contributed by atoms with Crippen molar-refractivity contribution in [1.82, 2.24) is 0 Å². The van der Waals surface area contributed by atoms with Crippen LogP contribution in [0.2, 0.25) is 5.02 Å². The maximum Gasteiger partial charge on any atom is 0.258 e. The monoisotopic (exact) mass is 463 g/mol. The third kappa shape index (κ3) is 6.10. The summed E-state index contributed by atoms with van der Waals surface area (Å²) in [5.41, 5.74) is 0.519. The molecule has 1 atom stereocenters. The van der Waals surface area contributed by atoms with E-state index in [1.165, 1.54) is 33.3 Å². The van der Waals surface area contributed by atoms with Crippen LogP contribution in [0.15, 0.2) is 40.6 Å². The number of benzene rings is 2. The van der Waals surface area contributed by atoms with Gasteiger partial charge in [0.15, 0.2) is 28.7 Å². The van der Waals surface area contributed by atoms with Crippen molar-refractivity contribution in [2.24, 2.45) is 10.2 Å². The first kappa shape index (κ1) is 24.9. The van der Waals surface area contributed by atoms with Gasteiger partial charge in [0.2, 0.25) is 6.04 Å². The van der Waals surface area contributed by atoms with Gasteiger partial charge in [-0.25, -0.2) is 0 Å². The zero-order valence-electron chi connectivity index (χ0n) is 18.6. The smallest absolute Gasteiger partial charge is 0.258 e. The van der Waals surface area contributed by atoms with Crippen LogP contribution in [-0.2, 0) is 9.59 Å². The first-order chi connectivity index (χ1) is 15.4. The molecule has 1 N–H and O–H groups in total. The molecule has 0 heterocycles. The van der Waals surface area contributed by atoms with Gasteiger partial charge in [-0.05, 0) is 32.9 Å². The van der Waals surface area contributed by atoms with Crippen LogP contribution in [-0.4, -0.2) is 45.2 Å². The van der Waals surface area contributed by atoms with Crippen molar-refractivity contribution in [3.05, 3.63) is 35.4 Å². The highest BCUT2D eigenvalue weighted by Gasteiger charge is 2.25. The number of hydrogen-bond donors (Lipinski definition) is 1. The molecule has 0 aromatic heterocycles. The molecular weight excluding hydrogens is 438 g/mol. The number of anilines is 1. The summed E-state index contributed by atoms with van der Waals surface area (Å²) in [5.74, 6) is 0.249. The van der Waals surface area contributed by atoms with E-state index in [9.17, 15) is 9.59 Å². The van der Waals surface area contributed by atoms with Crippen LogP contribution in [0.25, 0.3) is 0 Å². The summed E-state index contributed by atoms with van der Waals surface area (Å²) < 4.78 is 21.6. The van der Waals surface area contributed by atoms with Gasteiger partial charge in [-0.3, -0.25) is 9.59 Å². The van der Waals surface area contributed by atoms with Gasteiger partial charge in [0.1, 0.15) is 5.75 Å². The summed E-state index contributed by atoms with van der Waals surface area (Å²) in [7, 11) is 2.87. The number of halogens is 1. The molecule has 0 radical (unpaired) electrons. The molecule has 10 heteroatoms. The Morgan fingerprint density at radius 3 is 2.19 bits per heavy atom. The Hall–Kier alpha value is -3.33. The second-order valence-electron chi connectivity index (χ2n) is 6.38. The molecule has 2 rings (SSSR count). The number of nitrogens with zero attached hydrogens (tertiary/aromatic N) is 2. The van der Waals surface area contributed by atoms with Gasteiger partial charge >= 0.3 is 0 Å². The predicted molar refractivity (Wildman–Crippen MR) is 121 cm³/mol. The molecule has 0 saturated carbocycles. The van der Waals surface area contributed by atoms with E-state index in [2.05, 4.69) is 15.5 Å². The van der Waals surface area contributed by atoms with Crippen molar-refractivity contribution in [3.8, 4) is 23.0 Å². The minimum absolute atomic E-state index is 0.223. The first-order valence-corrected chi connectivity index (χ1v) is 10.3. The van der Waals surface area contributed by atoms with Gasteiger partial charge in [-0.2, -0.15) is 5.11 Å². The molecule has 0 saturated heterocycles. The Morgan fingerprint density at radius 1 is 1.06 bits per heavy atom. The number of methoxy groups -OCH3 is 2. The van der Waals surface area contributed by atoms with E-state index in [-0.39, 0.29) is 22.1 Å². The van der Waals surface area contributed by atoms with Gasteiger partial charge in [0, 0.05) is 12.1 Å². The third-order valence-electron chi connectivity index (χ3n) is 4.18. The number of rotatable bonds is 11. The summed E-state index contributed by atoms with van der Waals surface area (Å²) in [6.45, 7) is 5.69. The average Bonchev–Trinajstić information content (AvgIpc) is 2.75. The summed E-state index contributed by atoms with van der Waals surface area (Å²) in [6.07, 6.45) is 0. The lowest BCUT2D eigenvalue weighted by Gasteiger charge is -2.15. The van der Waals surface area contributed by atoms with Crippen molar-refractivity contribution < 1.29 is 28.5 Å². The number of carbonyl (C=O) groups is 2. The van der Waals surface area contributed by atoms with Crippen molar-refractivity contribution in [2.45, 2.75) is 26.8 Å². The molecule has 2 aromatic rings. The topological polar surface area (TPSA) is 108 Å². The number of ether oxygens (including phenoxy) is 4. The summed E-state index contributed by atoms with van der Waals surface area (Å²) in [6, 6.07) is 6.79. The van der Waals surface area contributed by atoms with E-state index < -0.39 is 17.7 Å². The number of Topliss-reactive ketones (excluding diaryl/α,β-unsaturated/α-hetero) is 1. The Kier molecular flexibility index (Phi) is 9.27. The summed E-state index contributed by atoms with van der Waals surface area (Å²) >= 11 is 6.18. The number of ketones is 1. The molecular formula is C22H26ClN3O6. The van der Waals surface area contributed by atoms with Gasteiger partial charge in [0.05, 0.1) is 38.1 Å². The first-order valence-electron chi connectivity index (χ1n) is 9.88. The van der Waals surface area contributed by atoms with Crippen LogP contribution in [0.5, 0.6) is 23.0 Å². The SMILES string of the molecule is CCOc1cccc(OCC)c1N=NC(C(C)=O)C(=O)Nc1cc(OC)cc(Cl)c1OC. The van der Waals surface area contributed by atoms with Crippen LogP contribution in [0.1, 0.15) is 20.8 Å². The van der Waals surface area contributed by atoms with E-state index in [4.69, 9.17) is 30.5 Å². The zero-order valence-corrected chi connectivity index (χ0v) is 19.4. The van der Waals surface area contributed by atoms with Crippen LogP contribution in [0.3, 0.4) is 0 Å². The molecule has 0 bridgehead atoms. The highest BCUT2D eigenvalue weighted by Crippen LogP contribution is 2.39. The second kappa shape index (κ2) is 11.9. The normalized spacial score (nSPS) is 11.7. The van der Waals surface area contributed by atoms with Crippen molar-refractivity contribution in [3.63, 3.8) is 0 Å². The van der Waals surface area contributed by atoms with E-state index in [0.717, 1.165) is 0 Å². The number of nitrogens with one attached hydrogen (secondary N) is 1. The van der Waals surface area contributed by atoms with Gasteiger partial charge in [0.25, 0.3) is 5.91 Å². The molecule has 172 valence electrons. The van der Waals surface area contributed by atoms with Crippen LogP contribution in [0.4, 0.5) is 11.4 Å². The van der Waals surface area contributed by atoms with Gasteiger partial charge < -0.3 is 24.3 Å². The van der Waals surface area contributed by atoms with Gasteiger partial charge in [-0.1, -0.05) is 17.7 Å². The molecule has 0 aliphatic carbocycles. The van der Waals surface area contributed by atoms with Crippen molar-refractivity contribution >= 4 is 34.7 Å². The van der Waals surface area contributed by atoms with Crippen LogP contribution >= 0.6 is 11.6 Å². The second-order valence-corrected chi connectivity index (χ2v) is 6.78. The fraction of sp³-hybridized carbons (Fsp3) is 0.364. The van der Waals surface area contributed by atoms with Gasteiger partial charge in [-0.15, -0.1) is 5.11 Å².